The first-order valence-corrected chi connectivity index (χ1v) is 5.97. The fraction of sp³-hybridized carbons (Fsp3) is 0.455. The summed E-state index contributed by atoms with van der Waals surface area (Å²) in [6.45, 7) is 0.878. The Kier molecular flexibility index (Phi) is 3.59. The minimum atomic E-state index is 0.349. The Labute approximate surface area is 93.5 Å². The Morgan fingerprint density at radius 2 is 2.60 bits per heavy atom. The van der Waals surface area contributed by atoms with Crippen LogP contribution < -0.4 is 0 Å². The van der Waals surface area contributed by atoms with Crippen LogP contribution in [0.2, 0.25) is 0 Å². The Morgan fingerprint density at radius 1 is 1.67 bits per heavy atom. The molecule has 1 atom stereocenters. The fourth-order valence-electron chi connectivity index (χ4n) is 1.55. The molecule has 0 amide bonds. The number of pyridine rings is 1. The Hall–Kier alpha value is -1.05. The number of ether oxygens (including phenoxy) is 1. The van der Waals surface area contributed by atoms with Gasteiger partial charge in [0.1, 0.15) is 6.07 Å². The SMILES string of the molecule is N#Cc1ccncc1SCC1CCCO1. The van der Waals surface area contributed by atoms with Gasteiger partial charge in [0, 0.05) is 29.6 Å². The number of thioether (sulfide) groups is 1. The summed E-state index contributed by atoms with van der Waals surface area (Å²) in [4.78, 5) is 4.98. The summed E-state index contributed by atoms with van der Waals surface area (Å²) >= 11 is 1.66. The van der Waals surface area contributed by atoms with Gasteiger partial charge < -0.3 is 4.74 Å². The molecule has 1 aliphatic heterocycles. The number of nitrogens with zero attached hydrogens (tertiary/aromatic N) is 2. The number of hydrogen-bond acceptors (Lipinski definition) is 4. The topological polar surface area (TPSA) is 45.9 Å². The van der Waals surface area contributed by atoms with Crippen LogP contribution in [0.15, 0.2) is 23.4 Å². The number of nitriles is 1. The van der Waals surface area contributed by atoms with Gasteiger partial charge >= 0.3 is 0 Å². The maximum atomic E-state index is 8.89. The van der Waals surface area contributed by atoms with Crippen LogP contribution >= 0.6 is 11.8 Å². The van der Waals surface area contributed by atoms with Gasteiger partial charge in [0.2, 0.25) is 0 Å². The van der Waals surface area contributed by atoms with E-state index in [2.05, 4.69) is 11.1 Å². The zero-order chi connectivity index (χ0) is 10.5. The van der Waals surface area contributed by atoms with Crippen molar-refractivity contribution in [3.63, 3.8) is 0 Å². The highest BCUT2D eigenvalue weighted by Crippen LogP contribution is 2.25. The predicted octanol–water partition coefficient (Wildman–Crippen LogP) is 2.22. The van der Waals surface area contributed by atoms with Crippen molar-refractivity contribution in [1.82, 2.24) is 4.98 Å². The third-order valence-electron chi connectivity index (χ3n) is 2.35. The molecule has 1 aromatic rings. The molecule has 0 N–H and O–H groups in total. The van der Waals surface area contributed by atoms with Gasteiger partial charge in [-0.3, -0.25) is 4.98 Å². The van der Waals surface area contributed by atoms with Crippen LogP contribution in [0.1, 0.15) is 18.4 Å². The Morgan fingerprint density at radius 3 is 3.33 bits per heavy atom. The lowest BCUT2D eigenvalue weighted by molar-refractivity contribution is 0.129. The van der Waals surface area contributed by atoms with E-state index in [0.29, 0.717) is 11.7 Å². The largest absolute Gasteiger partial charge is 0.377 e. The second-order valence-corrected chi connectivity index (χ2v) is 4.49. The van der Waals surface area contributed by atoms with E-state index in [9.17, 15) is 0 Å². The van der Waals surface area contributed by atoms with Crippen molar-refractivity contribution >= 4 is 11.8 Å². The molecule has 1 unspecified atom stereocenters. The van der Waals surface area contributed by atoms with Gasteiger partial charge in [0.25, 0.3) is 0 Å². The predicted molar refractivity (Wildman–Crippen MR) is 58.7 cm³/mol. The normalized spacial score (nSPS) is 20.1. The quantitative estimate of drug-likeness (QED) is 0.733. The maximum absolute atomic E-state index is 8.89. The lowest BCUT2D eigenvalue weighted by Gasteiger charge is -2.08. The van der Waals surface area contributed by atoms with Crippen molar-refractivity contribution in [2.24, 2.45) is 0 Å². The second kappa shape index (κ2) is 5.15. The first-order valence-electron chi connectivity index (χ1n) is 4.98. The molecule has 1 aromatic heterocycles. The van der Waals surface area contributed by atoms with E-state index in [4.69, 9.17) is 10.00 Å². The molecule has 2 heterocycles. The smallest absolute Gasteiger partial charge is 0.100 e. The summed E-state index contributed by atoms with van der Waals surface area (Å²) in [7, 11) is 0. The summed E-state index contributed by atoms with van der Waals surface area (Å²) in [5.41, 5.74) is 0.702. The van der Waals surface area contributed by atoms with Crippen molar-refractivity contribution < 1.29 is 4.74 Å². The number of rotatable bonds is 3. The third kappa shape index (κ3) is 2.71. The molecule has 2 rings (SSSR count). The van der Waals surface area contributed by atoms with Gasteiger partial charge in [-0.2, -0.15) is 5.26 Å². The van der Waals surface area contributed by atoms with E-state index in [0.717, 1.165) is 30.1 Å². The summed E-state index contributed by atoms with van der Waals surface area (Å²) in [6.07, 6.45) is 6.03. The van der Waals surface area contributed by atoms with Gasteiger partial charge in [-0.05, 0) is 18.9 Å². The molecule has 3 nitrogen and oxygen atoms in total. The molecule has 0 saturated carbocycles. The van der Waals surface area contributed by atoms with Gasteiger partial charge in [-0.1, -0.05) is 0 Å². The first-order chi connectivity index (χ1) is 7.40. The first kappa shape index (κ1) is 10.5. The van der Waals surface area contributed by atoms with E-state index in [1.165, 1.54) is 0 Å². The molecule has 0 bridgehead atoms. The van der Waals surface area contributed by atoms with Crippen molar-refractivity contribution in [2.45, 2.75) is 23.8 Å². The lowest BCUT2D eigenvalue weighted by Crippen LogP contribution is -2.07. The molecule has 0 radical (unpaired) electrons. The van der Waals surface area contributed by atoms with Crippen LogP contribution in [-0.2, 0) is 4.74 Å². The van der Waals surface area contributed by atoms with Gasteiger partial charge in [0.15, 0.2) is 0 Å². The van der Waals surface area contributed by atoms with Crippen LogP contribution in [0.25, 0.3) is 0 Å². The van der Waals surface area contributed by atoms with Gasteiger partial charge in [-0.15, -0.1) is 11.8 Å². The summed E-state index contributed by atoms with van der Waals surface area (Å²) < 4.78 is 5.52. The lowest BCUT2D eigenvalue weighted by atomic mass is 10.3. The van der Waals surface area contributed by atoms with Crippen LogP contribution in [0.3, 0.4) is 0 Å². The van der Waals surface area contributed by atoms with Crippen molar-refractivity contribution in [3.8, 4) is 6.07 Å². The van der Waals surface area contributed by atoms with E-state index in [1.807, 2.05) is 0 Å². The standard InChI is InChI=1S/C11H12N2OS/c12-6-9-3-4-13-7-11(9)15-8-10-2-1-5-14-10/h3-4,7,10H,1-2,5,8H2. The van der Waals surface area contributed by atoms with Crippen molar-refractivity contribution in [1.29, 1.82) is 5.26 Å². The van der Waals surface area contributed by atoms with Crippen LogP contribution in [0, 0.1) is 11.3 Å². The van der Waals surface area contributed by atoms with E-state index >= 15 is 0 Å². The maximum Gasteiger partial charge on any atom is 0.100 e. The Balaban J connectivity index is 1.95. The number of aromatic nitrogens is 1. The molecule has 1 saturated heterocycles. The zero-order valence-electron chi connectivity index (χ0n) is 8.35. The molecule has 1 aliphatic rings. The summed E-state index contributed by atoms with van der Waals surface area (Å²) in [6, 6.07) is 3.92. The average Bonchev–Trinajstić information content (AvgIpc) is 2.79. The highest BCUT2D eigenvalue weighted by Gasteiger charge is 2.16. The molecular weight excluding hydrogens is 208 g/mol. The molecule has 0 spiro atoms. The minimum absolute atomic E-state index is 0.349. The van der Waals surface area contributed by atoms with Crippen LogP contribution in [0.5, 0.6) is 0 Å². The number of hydrogen-bond donors (Lipinski definition) is 0. The average molecular weight is 220 g/mol. The molecule has 4 heteroatoms. The zero-order valence-corrected chi connectivity index (χ0v) is 9.17. The van der Waals surface area contributed by atoms with Crippen molar-refractivity contribution in [2.75, 3.05) is 12.4 Å². The second-order valence-electron chi connectivity index (χ2n) is 3.43. The molecular formula is C11H12N2OS. The van der Waals surface area contributed by atoms with Crippen LogP contribution in [0.4, 0.5) is 0 Å². The summed E-state index contributed by atoms with van der Waals surface area (Å²) in [5, 5.41) is 8.89. The van der Waals surface area contributed by atoms with Crippen LogP contribution in [-0.4, -0.2) is 23.4 Å². The van der Waals surface area contributed by atoms with Gasteiger partial charge in [-0.25, -0.2) is 0 Å². The monoisotopic (exact) mass is 220 g/mol. The highest BCUT2D eigenvalue weighted by molar-refractivity contribution is 7.99. The Bertz CT molecular complexity index is 369. The molecule has 0 aliphatic carbocycles. The van der Waals surface area contributed by atoms with Gasteiger partial charge in [0.05, 0.1) is 11.7 Å². The summed E-state index contributed by atoms with van der Waals surface area (Å²) in [5.74, 6) is 0.917. The minimum Gasteiger partial charge on any atom is -0.377 e. The fourth-order valence-corrected chi connectivity index (χ4v) is 2.58. The van der Waals surface area contributed by atoms with Crippen molar-refractivity contribution in [3.05, 3.63) is 24.0 Å². The van der Waals surface area contributed by atoms with E-state index in [-0.39, 0.29) is 0 Å². The molecule has 0 aromatic carbocycles. The molecule has 1 fully saturated rings. The van der Waals surface area contributed by atoms with E-state index in [1.54, 1.807) is 30.2 Å². The third-order valence-corrected chi connectivity index (χ3v) is 3.53. The highest BCUT2D eigenvalue weighted by atomic mass is 32.2. The molecule has 78 valence electrons. The molecule has 15 heavy (non-hydrogen) atoms. The van der Waals surface area contributed by atoms with E-state index < -0.39 is 0 Å².